The van der Waals surface area contributed by atoms with E-state index in [1.54, 1.807) is 0 Å². The highest BCUT2D eigenvalue weighted by Crippen LogP contribution is 1.92. The molecule has 0 aliphatic heterocycles. The number of rotatable bonds is 6. The molecule has 0 aromatic heterocycles. The van der Waals surface area contributed by atoms with Crippen LogP contribution in [0, 0.1) is 0 Å². The molecule has 11 heavy (non-hydrogen) atoms. The molecule has 0 spiro atoms. The summed E-state index contributed by atoms with van der Waals surface area (Å²) in [6.07, 6.45) is 1.61. The fourth-order valence-corrected chi connectivity index (χ4v) is 1.01. The van der Waals surface area contributed by atoms with E-state index in [1.165, 1.54) is 0 Å². The smallest absolute Gasteiger partial charge is 0.218 e. The zero-order chi connectivity index (χ0) is 8.69. The summed E-state index contributed by atoms with van der Waals surface area (Å²) < 4.78 is 0. The molecule has 0 fully saturated rings. The van der Waals surface area contributed by atoms with Crippen LogP contribution in [0.3, 0.4) is 0 Å². The Morgan fingerprint density at radius 1 is 1.36 bits per heavy atom. The molecule has 0 unspecified atom stereocenters. The Labute approximate surface area is 68.6 Å². The topological polar surface area (TPSA) is 46.3 Å². The second kappa shape index (κ2) is 6.16. The Kier molecular flexibility index (Phi) is 5.84. The maximum Gasteiger partial charge on any atom is 0.218 e. The second-order valence-corrected chi connectivity index (χ2v) is 2.65. The first-order valence-corrected chi connectivity index (χ1v) is 4.21. The van der Waals surface area contributed by atoms with E-state index in [9.17, 15) is 4.79 Å². The average molecular weight is 158 g/mol. The minimum atomic E-state index is -0.209. The second-order valence-electron chi connectivity index (χ2n) is 2.65. The number of nitrogens with zero attached hydrogens (tertiary/aromatic N) is 1. The van der Waals surface area contributed by atoms with Crippen molar-refractivity contribution in [2.45, 2.75) is 26.7 Å². The van der Waals surface area contributed by atoms with Crippen molar-refractivity contribution in [1.82, 2.24) is 4.90 Å². The molecule has 66 valence electrons. The van der Waals surface area contributed by atoms with Crippen molar-refractivity contribution < 1.29 is 4.79 Å². The number of primary amides is 1. The van der Waals surface area contributed by atoms with Gasteiger partial charge in [-0.1, -0.05) is 13.8 Å². The van der Waals surface area contributed by atoms with Gasteiger partial charge in [0.25, 0.3) is 0 Å². The fraction of sp³-hybridized carbons (Fsp3) is 0.875. The Bertz CT molecular complexity index is 115. The van der Waals surface area contributed by atoms with E-state index < -0.39 is 0 Å². The zero-order valence-electron chi connectivity index (χ0n) is 7.47. The molecule has 0 heterocycles. The Morgan fingerprint density at radius 2 is 2.00 bits per heavy atom. The molecule has 0 aliphatic rings. The minimum absolute atomic E-state index is 0.209. The summed E-state index contributed by atoms with van der Waals surface area (Å²) in [5.41, 5.74) is 5.03. The molecule has 0 bridgehead atoms. The van der Waals surface area contributed by atoms with Gasteiger partial charge < -0.3 is 10.6 Å². The van der Waals surface area contributed by atoms with Crippen LogP contribution in [0.2, 0.25) is 0 Å². The van der Waals surface area contributed by atoms with Crippen molar-refractivity contribution in [3.63, 3.8) is 0 Å². The lowest BCUT2D eigenvalue weighted by atomic mass is 10.3. The van der Waals surface area contributed by atoms with Gasteiger partial charge in [-0.2, -0.15) is 0 Å². The molecule has 0 atom stereocenters. The van der Waals surface area contributed by atoms with Crippen LogP contribution < -0.4 is 5.73 Å². The van der Waals surface area contributed by atoms with Crippen molar-refractivity contribution in [3.8, 4) is 0 Å². The summed E-state index contributed by atoms with van der Waals surface area (Å²) in [5.74, 6) is -0.209. The zero-order valence-corrected chi connectivity index (χ0v) is 7.47. The maximum absolute atomic E-state index is 10.4. The van der Waals surface area contributed by atoms with E-state index in [1.807, 2.05) is 0 Å². The highest BCUT2D eigenvalue weighted by Gasteiger charge is 2.01. The first-order valence-electron chi connectivity index (χ1n) is 4.21. The van der Waals surface area contributed by atoms with Crippen LogP contribution in [0.1, 0.15) is 26.7 Å². The van der Waals surface area contributed by atoms with Crippen LogP contribution in [0.25, 0.3) is 0 Å². The van der Waals surface area contributed by atoms with Crippen LogP contribution in [-0.4, -0.2) is 30.4 Å². The van der Waals surface area contributed by atoms with Gasteiger partial charge >= 0.3 is 0 Å². The summed E-state index contributed by atoms with van der Waals surface area (Å²) in [5, 5.41) is 0. The lowest BCUT2D eigenvalue weighted by Gasteiger charge is -2.17. The first kappa shape index (κ1) is 10.4. The molecule has 3 nitrogen and oxygen atoms in total. The SMILES string of the molecule is CCCN(CC)CCC(N)=O. The van der Waals surface area contributed by atoms with Crippen LogP contribution in [-0.2, 0) is 4.79 Å². The molecule has 0 radical (unpaired) electrons. The number of amides is 1. The van der Waals surface area contributed by atoms with Crippen LogP contribution >= 0.6 is 0 Å². The third kappa shape index (κ3) is 5.85. The highest BCUT2D eigenvalue weighted by atomic mass is 16.1. The minimum Gasteiger partial charge on any atom is -0.370 e. The predicted molar refractivity (Wildman–Crippen MR) is 46.2 cm³/mol. The number of carbonyl (C=O) groups is 1. The van der Waals surface area contributed by atoms with Gasteiger partial charge in [-0.15, -0.1) is 0 Å². The van der Waals surface area contributed by atoms with Gasteiger partial charge in [0.05, 0.1) is 0 Å². The Morgan fingerprint density at radius 3 is 2.36 bits per heavy atom. The molecule has 2 N–H and O–H groups in total. The molecule has 0 saturated heterocycles. The molecule has 0 aromatic carbocycles. The van der Waals surface area contributed by atoms with Crippen molar-refractivity contribution in [2.75, 3.05) is 19.6 Å². The molecule has 3 heteroatoms. The number of carbonyl (C=O) groups excluding carboxylic acids is 1. The summed E-state index contributed by atoms with van der Waals surface area (Å²) >= 11 is 0. The lowest BCUT2D eigenvalue weighted by Crippen LogP contribution is -2.28. The van der Waals surface area contributed by atoms with Gasteiger partial charge in [-0.25, -0.2) is 0 Å². The average Bonchev–Trinajstić information content (AvgIpc) is 1.97. The van der Waals surface area contributed by atoms with E-state index in [0.717, 1.165) is 26.1 Å². The van der Waals surface area contributed by atoms with Gasteiger partial charge in [0.1, 0.15) is 0 Å². The van der Waals surface area contributed by atoms with Crippen molar-refractivity contribution in [1.29, 1.82) is 0 Å². The number of nitrogens with two attached hydrogens (primary N) is 1. The third-order valence-corrected chi connectivity index (χ3v) is 1.66. The summed E-state index contributed by atoms with van der Waals surface area (Å²) in [6, 6.07) is 0. The van der Waals surface area contributed by atoms with E-state index >= 15 is 0 Å². The van der Waals surface area contributed by atoms with E-state index in [0.29, 0.717) is 6.42 Å². The fourth-order valence-electron chi connectivity index (χ4n) is 1.01. The van der Waals surface area contributed by atoms with Crippen LogP contribution in [0.4, 0.5) is 0 Å². The summed E-state index contributed by atoms with van der Waals surface area (Å²) in [4.78, 5) is 12.6. The Balaban J connectivity index is 3.43. The summed E-state index contributed by atoms with van der Waals surface area (Å²) in [7, 11) is 0. The molecular weight excluding hydrogens is 140 g/mol. The van der Waals surface area contributed by atoms with Gasteiger partial charge in [-0.05, 0) is 19.5 Å². The standard InChI is InChI=1S/C8H18N2O/c1-3-6-10(4-2)7-5-8(9)11/h3-7H2,1-2H3,(H2,9,11). The number of hydrogen-bond acceptors (Lipinski definition) is 2. The molecule has 0 rings (SSSR count). The molecule has 0 aliphatic carbocycles. The van der Waals surface area contributed by atoms with Crippen molar-refractivity contribution in [3.05, 3.63) is 0 Å². The first-order chi connectivity index (χ1) is 5.20. The molecular formula is C8H18N2O. The largest absolute Gasteiger partial charge is 0.370 e. The van der Waals surface area contributed by atoms with Crippen LogP contribution in [0.15, 0.2) is 0 Å². The number of hydrogen-bond donors (Lipinski definition) is 1. The van der Waals surface area contributed by atoms with E-state index in [2.05, 4.69) is 18.7 Å². The van der Waals surface area contributed by atoms with E-state index in [4.69, 9.17) is 5.73 Å². The van der Waals surface area contributed by atoms with Crippen molar-refractivity contribution in [2.24, 2.45) is 5.73 Å². The Hall–Kier alpha value is -0.570. The molecule has 0 saturated carbocycles. The maximum atomic E-state index is 10.4. The molecule has 1 amide bonds. The van der Waals surface area contributed by atoms with Gasteiger partial charge in [0.2, 0.25) is 5.91 Å². The summed E-state index contributed by atoms with van der Waals surface area (Å²) in [6.45, 7) is 7.09. The quantitative estimate of drug-likeness (QED) is 0.615. The lowest BCUT2D eigenvalue weighted by molar-refractivity contribution is -0.118. The molecule has 0 aromatic rings. The predicted octanol–water partition coefficient (Wildman–Crippen LogP) is 0.594. The van der Waals surface area contributed by atoms with E-state index in [-0.39, 0.29) is 5.91 Å². The normalized spacial score (nSPS) is 10.5. The monoisotopic (exact) mass is 158 g/mol. The van der Waals surface area contributed by atoms with Gasteiger partial charge in [0.15, 0.2) is 0 Å². The van der Waals surface area contributed by atoms with Gasteiger partial charge in [-0.3, -0.25) is 4.79 Å². The third-order valence-electron chi connectivity index (χ3n) is 1.66. The van der Waals surface area contributed by atoms with Gasteiger partial charge in [0, 0.05) is 13.0 Å². The van der Waals surface area contributed by atoms with Crippen LogP contribution in [0.5, 0.6) is 0 Å². The van der Waals surface area contributed by atoms with Crippen molar-refractivity contribution >= 4 is 5.91 Å². The highest BCUT2D eigenvalue weighted by molar-refractivity contribution is 5.73.